The van der Waals surface area contributed by atoms with E-state index in [1.54, 1.807) is 0 Å². The molecule has 4 aromatic carbocycles. The summed E-state index contributed by atoms with van der Waals surface area (Å²) in [6, 6.07) is 38.4. The normalized spacial score (nSPS) is 10.6. The van der Waals surface area contributed by atoms with Crippen LogP contribution in [0.2, 0.25) is 0 Å². The molecule has 0 heterocycles. The number of hydrogen-bond donors (Lipinski definition) is 0. The zero-order valence-corrected chi connectivity index (χ0v) is 17.2. The van der Waals surface area contributed by atoms with E-state index in [4.69, 9.17) is 0 Å². The van der Waals surface area contributed by atoms with E-state index in [0.29, 0.717) is 0 Å². The Kier molecular flexibility index (Phi) is 5.89. The quantitative estimate of drug-likeness (QED) is 0.311. The van der Waals surface area contributed by atoms with Crippen LogP contribution in [0.15, 0.2) is 114 Å². The second-order valence-corrected chi connectivity index (χ2v) is 7.68. The molecule has 0 radical (unpaired) electrons. The number of anilines is 1. The molecule has 0 aromatic heterocycles. The Morgan fingerprint density at radius 3 is 1.54 bits per heavy atom. The summed E-state index contributed by atoms with van der Waals surface area (Å²) in [5.74, 6) is 0. The maximum Gasteiger partial charge on any atom is 0.0452 e. The average molecular weight is 428 g/mol. The molecule has 0 aliphatic heterocycles. The van der Waals surface area contributed by atoms with E-state index in [9.17, 15) is 0 Å². The van der Waals surface area contributed by atoms with Crippen LogP contribution in [0.25, 0.3) is 11.1 Å². The molecule has 1 nitrogen and oxygen atoms in total. The summed E-state index contributed by atoms with van der Waals surface area (Å²) < 4.78 is 1.11. The van der Waals surface area contributed by atoms with Gasteiger partial charge in [0.2, 0.25) is 0 Å². The van der Waals surface area contributed by atoms with Crippen LogP contribution in [0.1, 0.15) is 11.1 Å². The summed E-state index contributed by atoms with van der Waals surface area (Å²) >= 11 is 3.73. The molecule has 0 fully saturated rings. The van der Waals surface area contributed by atoms with Gasteiger partial charge in [0.15, 0.2) is 0 Å². The number of rotatable bonds is 6. The zero-order chi connectivity index (χ0) is 19.2. The number of benzene rings is 4. The van der Waals surface area contributed by atoms with Crippen molar-refractivity contribution in [1.82, 2.24) is 0 Å². The number of nitrogens with zero attached hydrogens (tertiary/aromatic N) is 1. The van der Waals surface area contributed by atoms with E-state index >= 15 is 0 Å². The molecule has 4 aromatic rings. The summed E-state index contributed by atoms with van der Waals surface area (Å²) in [4.78, 5) is 2.46. The third-order valence-electron chi connectivity index (χ3n) is 4.84. The molecule has 0 unspecified atom stereocenters. The van der Waals surface area contributed by atoms with Gasteiger partial charge in [-0.3, -0.25) is 0 Å². The van der Waals surface area contributed by atoms with Gasteiger partial charge in [-0.05, 0) is 28.8 Å². The lowest BCUT2D eigenvalue weighted by Crippen LogP contribution is -2.22. The zero-order valence-electron chi connectivity index (χ0n) is 15.6. The minimum atomic E-state index is 0.858. The summed E-state index contributed by atoms with van der Waals surface area (Å²) in [7, 11) is 0. The van der Waals surface area contributed by atoms with Gasteiger partial charge in [0.05, 0.1) is 0 Å². The summed E-state index contributed by atoms with van der Waals surface area (Å²) in [5.41, 5.74) is 6.30. The van der Waals surface area contributed by atoms with E-state index in [2.05, 4.69) is 130 Å². The van der Waals surface area contributed by atoms with Crippen molar-refractivity contribution in [2.75, 3.05) is 4.90 Å². The van der Waals surface area contributed by atoms with Crippen molar-refractivity contribution in [1.29, 1.82) is 0 Å². The summed E-state index contributed by atoms with van der Waals surface area (Å²) in [6.45, 7) is 1.72. The first kappa shape index (κ1) is 18.5. The maximum atomic E-state index is 3.73. The van der Waals surface area contributed by atoms with Gasteiger partial charge in [0.1, 0.15) is 0 Å². The molecular weight excluding hydrogens is 406 g/mol. The molecule has 0 amide bonds. The molecule has 0 aliphatic carbocycles. The lowest BCUT2D eigenvalue weighted by atomic mass is 10.0. The predicted molar refractivity (Wildman–Crippen MR) is 122 cm³/mol. The van der Waals surface area contributed by atoms with Crippen molar-refractivity contribution in [2.24, 2.45) is 0 Å². The second-order valence-electron chi connectivity index (χ2n) is 6.82. The van der Waals surface area contributed by atoms with Crippen LogP contribution in [0.4, 0.5) is 5.69 Å². The van der Waals surface area contributed by atoms with Gasteiger partial charge in [0.25, 0.3) is 0 Å². The molecule has 2 heteroatoms. The molecule has 0 saturated carbocycles. The second kappa shape index (κ2) is 8.90. The SMILES string of the molecule is Brc1ccccc1-c1ccccc1N(Cc1ccccc1)Cc1ccccc1. The van der Waals surface area contributed by atoms with Crippen molar-refractivity contribution in [2.45, 2.75) is 13.1 Å². The Balaban J connectivity index is 1.77. The molecule has 0 N–H and O–H groups in total. The highest BCUT2D eigenvalue weighted by molar-refractivity contribution is 9.10. The lowest BCUT2D eigenvalue weighted by molar-refractivity contribution is 0.801. The first-order valence-corrected chi connectivity index (χ1v) is 10.3. The fourth-order valence-electron chi connectivity index (χ4n) is 3.49. The number of halogens is 1. The minimum Gasteiger partial charge on any atom is -0.362 e. The van der Waals surface area contributed by atoms with Crippen molar-refractivity contribution >= 4 is 21.6 Å². The summed E-state index contributed by atoms with van der Waals surface area (Å²) in [5, 5.41) is 0. The third kappa shape index (κ3) is 4.35. The van der Waals surface area contributed by atoms with Gasteiger partial charge in [-0.1, -0.05) is 113 Å². The molecule has 0 bridgehead atoms. The largest absolute Gasteiger partial charge is 0.362 e. The molecule has 0 saturated heterocycles. The molecular formula is C26H22BrN. The van der Waals surface area contributed by atoms with E-state index in [1.165, 1.54) is 27.9 Å². The van der Waals surface area contributed by atoms with Crippen molar-refractivity contribution < 1.29 is 0 Å². The Bertz CT molecular complexity index is 987. The van der Waals surface area contributed by atoms with Crippen molar-refractivity contribution in [3.63, 3.8) is 0 Å². The van der Waals surface area contributed by atoms with E-state index in [-0.39, 0.29) is 0 Å². The standard InChI is InChI=1S/C26H22BrN/c27-25-17-9-7-15-23(25)24-16-8-10-18-26(24)28(19-21-11-3-1-4-12-21)20-22-13-5-2-6-14-22/h1-18H,19-20H2. The molecule has 138 valence electrons. The Morgan fingerprint density at radius 1 is 0.500 bits per heavy atom. The highest BCUT2D eigenvalue weighted by Gasteiger charge is 2.15. The fourth-order valence-corrected chi connectivity index (χ4v) is 3.99. The minimum absolute atomic E-state index is 0.858. The Labute approximate surface area is 175 Å². The van der Waals surface area contributed by atoms with Crippen LogP contribution < -0.4 is 4.90 Å². The van der Waals surface area contributed by atoms with Gasteiger partial charge in [0, 0.05) is 28.8 Å². The van der Waals surface area contributed by atoms with Gasteiger partial charge < -0.3 is 4.90 Å². The van der Waals surface area contributed by atoms with E-state index in [0.717, 1.165) is 17.6 Å². The number of para-hydroxylation sites is 1. The first-order valence-electron chi connectivity index (χ1n) is 9.48. The van der Waals surface area contributed by atoms with E-state index < -0.39 is 0 Å². The highest BCUT2D eigenvalue weighted by Crippen LogP contribution is 2.36. The van der Waals surface area contributed by atoms with E-state index in [1.807, 2.05) is 0 Å². The topological polar surface area (TPSA) is 3.24 Å². The van der Waals surface area contributed by atoms with Crippen LogP contribution >= 0.6 is 15.9 Å². The van der Waals surface area contributed by atoms with Crippen molar-refractivity contribution in [3.05, 3.63) is 125 Å². The van der Waals surface area contributed by atoms with Gasteiger partial charge in [-0.2, -0.15) is 0 Å². The van der Waals surface area contributed by atoms with Gasteiger partial charge in [-0.25, -0.2) is 0 Å². The van der Waals surface area contributed by atoms with Gasteiger partial charge in [-0.15, -0.1) is 0 Å². The molecule has 4 rings (SSSR count). The molecule has 0 aliphatic rings. The Hall–Kier alpha value is -2.84. The molecule has 0 spiro atoms. The molecule has 28 heavy (non-hydrogen) atoms. The Morgan fingerprint density at radius 2 is 0.964 bits per heavy atom. The average Bonchev–Trinajstić information content (AvgIpc) is 2.75. The predicted octanol–water partition coefficient (Wildman–Crippen LogP) is 7.32. The maximum absolute atomic E-state index is 3.73. The third-order valence-corrected chi connectivity index (χ3v) is 5.53. The smallest absolute Gasteiger partial charge is 0.0452 e. The van der Waals surface area contributed by atoms with Crippen LogP contribution in [0.5, 0.6) is 0 Å². The fraction of sp³-hybridized carbons (Fsp3) is 0.0769. The summed E-state index contributed by atoms with van der Waals surface area (Å²) in [6.07, 6.45) is 0. The molecule has 0 atom stereocenters. The van der Waals surface area contributed by atoms with Crippen LogP contribution in [0, 0.1) is 0 Å². The highest BCUT2D eigenvalue weighted by atomic mass is 79.9. The van der Waals surface area contributed by atoms with Crippen molar-refractivity contribution in [3.8, 4) is 11.1 Å². The van der Waals surface area contributed by atoms with Gasteiger partial charge >= 0.3 is 0 Å². The number of hydrogen-bond acceptors (Lipinski definition) is 1. The van der Waals surface area contributed by atoms with Crippen LogP contribution in [-0.4, -0.2) is 0 Å². The lowest BCUT2D eigenvalue weighted by Gasteiger charge is -2.28. The first-order chi connectivity index (χ1) is 13.8. The monoisotopic (exact) mass is 427 g/mol. The van der Waals surface area contributed by atoms with Crippen LogP contribution in [-0.2, 0) is 13.1 Å². The van der Waals surface area contributed by atoms with Crippen LogP contribution in [0.3, 0.4) is 0 Å².